The van der Waals surface area contributed by atoms with Gasteiger partial charge < -0.3 is 5.32 Å². The number of hydrogen-bond donors (Lipinski definition) is 1. The van der Waals surface area contributed by atoms with E-state index in [9.17, 15) is 19.2 Å². The fourth-order valence-corrected chi connectivity index (χ4v) is 2.68. The van der Waals surface area contributed by atoms with Crippen molar-refractivity contribution < 1.29 is 19.2 Å². The van der Waals surface area contributed by atoms with Crippen molar-refractivity contribution in [2.45, 2.75) is 46.0 Å². The molecule has 0 spiro atoms. The number of nitrogens with one attached hydrogen (secondary N) is 1. The fraction of sp³-hybridized carbons (Fsp3) is 0.474. The first-order chi connectivity index (χ1) is 12.4. The van der Waals surface area contributed by atoms with Crippen LogP contribution in [0.2, 0.25) is 0 Å². The molecule has 1 aliphatic heterocycles. The van der Waals surface area contributed by atoms with Crippen LogP contribution < -0.4 is 5.32 Å². The minimum Gasteiger partial charge on any atom is -0.325 e. The first-order valence-electron chi connectivity index (χ1n) is 8.96. The minimum atomic E-state index is -0.951. The first-order valence-corrected chi connectivity index (χ1v) is 8.96. The molecule has 0 saturated carbocycles. The van der Waals surface area contributed by atoms with Crippen LogP contribution in [0.4, 0.5) is 10.5 Å². The van der Waals surface area contributed by atoms with Crippen LogP contribution in [0.1, 0.15) is 51.5 Å². The maximum atomic E-state index is 12.2. The summed E-state index contributed by atoms with van der Waals surface area (Å²) in [6, 6.07) is 6.71. The maximum Gasteiger partial charge on any atom is 0.334 e. The third-order valence-electron chi connectivity index (χ3n) is 4.55. The molecule has 0 bridgehead atoms. The third kappa shape index (κ3) is 4.28. The molecule has 5 amide bonds. The van der Waals surface area contributed by atoms with Gasteiger partial charge in [0.05, 0.1) is 0 Å². The smallest absolute Gasteiger partial charge is 0.325 e. The summed E-state index contributed by atoms with van der Waals surface area (Å²) in [4.78, 5) is 49.8. The number of unbranched alkanes of at least 4 members (excludes halogenated alkanes) is 1. The van der Waals surface area contributed by atoms with Gasteiger partial charge in [0.15, 0.2) is 0 Å². The van der Waals surface area contributed by atoms with Crippen LogP contribution in [-0.2, 0) is 14.4 Å². The van der Waals surface area contributed by atoms with Crippen LogP contribution in [0.15, 0.2) is 24.3 Å². The number of carbonyl (C=O) groups excluding carboxylic acids is 4. The van der Waals surface area contributed by atoms with Crippen molar-refractivity contribution in [2.24, 2.45) is 0 Å². The molecule has 1 heterocycles. The van der Waals surface area contributed by atoms with Crippen molar-refractivity contribution in [1.29, 1.82) is 0 Å². The highest BCUT2D eigenvalue weighted by molar-refractivity contribution is 6.45. The predicted octanol–water partition coefficient (Wildman–Crippen LogP) is 2.73. The monoisotopic (exact) mass is 359 g/mol. The zero-order valence-corrected chi connectivity index (χ0v) is 15.4. The molecular formula is C19H25N3O4. The molecule has 1 aliphatic rings. The molecule has 0 radical (unpaired) electrons. The van der Waals surface area contributed by atoms with Gasteiger partial charge in [0.1, 0.15) is 6.54 Å². The van der Waals surface area contributed by atoms with Crippen LogP contribution in [-0.4, -0.2) is 46.6 Å². The molecule has 1 aromatic carbocycles. The van der Waals surface area contributed by atoms with Crippen LogP contribution >= 0.6 is 0 Å². The third-order valence-corrected chi connectivity index (χ3v) is 4.55. The molecule has 0 unspecified atom stereocenters. The Morgan fingerprint density at radius 1 is 1.04 bits per heavy atom. The molecule has 1 saturated heterocycles. The zero-order valence-electron chi connectivity index (χ0n) is 15.4. The van der Waals surface area contributed by atoms with Gasteiger partial charge in [-0.1, -0.05) is 39.3 Å². The van der Waals surface area contributed by atoms with Crippen molar-refractivity contribution in [3.63, 3.8) is 0 Å². The summed E-state index contributed by atoms with van der Waals surface area (Å²) in [5.74, 6) is -1.91. The molecule has 1 atom stereocenters. The Balaban J connectivity index is 1.98. The molecule has 1 N–H and O–H groups in total. The molecule has 1 fully saturated rings. The molecule has 140 valence electrons. The summed E-state index contributed by atoms with van der Waals surface area (Å²) in [6.45, 7) is 5.87. The number of rotatable bonds is 8. The van der Waals surface area contributed by atoms with Crippen molar-refractivity contribution >= 4 is 29.4 Å². The number of hydrogen-bond acceptors (Lipinski definition) is 4. The lowest BCUT2D eigenvalue weighted by molar-refractivity contribution is -0.143. The Hall–Kier alpha value is -2.70. The predicted molar refractivity (Wildman–Crippen MR) is 97.5 cm³/mol. The van der Waals surface area contributed by atoms with E-state index < -0.39 is 30.3 Å². The summed E-state index contributed by atoms with van der Waals surface area (Å²) in [5, 5.41) is 2.65. The lowest BCUT2D eigenvalue weighted by Gasteiger charge is -2.15. The number of benzene rings is 1. The highest BCUT2D eigenvalue weighted by Crippen LogP contribution is 2.20. The average Bonchev–Trinajstić information content (AvgIpc) is 2.83. The number of nitrogens with zero attached hydrogens (tertiary/aromatic N) is 2. The normalized spacial score (nSPS) is 15.6. The molecule has 7 heteroatoms. The van der Waals surface area contributed by atoms with E-state index in [-0.39, 0.29) is 6.54 Å². The van der Waals surface area contributed by atoms with Gasteiger partial charge >= 0.3 is 17.8 Å². The Kier molecular flexibility index (Phi) is 6.49. The van der Waals surface area contributed by atoms with Crippen LogP contribution in [0.5, 0.6) is 0 Å². The van der Waals surface area contributed by atoms with Gasteiger partial charge in [0.2, 0.25) is 5.91 Å². The van der Waals surface area contributed by atoms with E-state index in [0.717, 1.165) is 17.7 Å². The quantitative estimate of drug-likeness (QED) is 0.571. The van der Waals surface area contributed by atoms with Gasteiger partial charge in [0, 0.05) is 12.2 Å². The molecular weight excluding hydrogens is 334 g/mol. The van der Waals surface area contributed by atoms with Gasteiger partial charge in [-0.3, -0.25) is 19.3 Å². The second-order valence-electron chi connectivity index (χ2n) is 6.46. The summed E-state index contributed by atoms with van der Waals surface area (Å²) in [7, 11) is 0. The lowest BCUT2D eigenvalue weighted by Crippen LogP contribution is -2.39. The standard InChI is InChI=1S/C19H25N3O4/c1-4-6-11-21-17(24)18(25)22(19(21)26)12-16(23)20-15-9-7-14(8-10-15)13(3)5-2/h7-10,13H,4-6,11-12H2,1-3H3,(H,20,23)/t13-/m1/s1. The number of carbonyl (C=O) groups is 4. The minimum absolute atomic E-state index is 0.190. The van der Waals surface area contributed by atoms with Crippen LogP contribution in [0, 0.1) is 0 Å². The average molecular weight is 359 g/mol. The Morgan fingerprint density at radius 3 is 2.23 bits per heavy atom. The van der Waals surface area contributed by atoms with Crippen LogP contribution in [0.3, 0.4) is 0 Å². The zero-order chi connectivity index (χ0) is 19.3. The van der Waals surface area contributed by atoms with E-state index in [4.69, 9.17) is 0 Å². The van der Waals surface area contributed by atoms with E-state index in [1.165, 1.54) is 5.56 Å². The van der Waals surface area contributed by atoms with E-state index in [0.29, 0.717) is 22.9 Å². The van der Waals surface area contributed by atoms with Gasteiger partial charge in [0.25, 0.3) is 0 Å². The summed E-state index contributed by atoms with van der Waals surface area (Å²) >= 11 is 0. The van der Waals surface area contributed by atoms with Gasteiger partial charge in [-0.25, -0.2) is 9.69 Å². The molecule has 7 nitrogen and oxygen atoms in total. The number of anilines is 1. The summed E-state index contributed by atoms with van der Waals surface area (Å²) in [6.07, 6.45) is 2.43. The summed E-state index contributed by atoms with van der Waals surface area (Å²) < 4.78 is 0. The second kappa shape index (κ2) is 8.60. The molecule has 0 aromatic heterocycles. The Bertz CT molecular complexity index is 699. The topological polar surface area (TPSA) is 86.8 Å². The number of urea groups is 1. The van der Waals surface area contributed by atoms with Crippen molar-refractivity contribution in [2.75, 3.05) is 18.4 Å². The van der Waals surface area contributed by atoms with Gasteiger partial charge in [-0.2, -0.15) is 0 Å². The Labute approximate surface area is 153 Å². The highest BCUT2D eigenvalue weighted by atomic mass is 16.2. The van der Waals surface area contributed by atoms with Crippen molar-refractivity contribution in [3.8, 4) is 0 Å². The fourth-order valence-electron chi connectivity index (χ4n) is 2.68. The van der Waals surface area contributed by atoms with Crippen LogP contribution in [0.25, 0.3) is 0 Å². The Morgan fingerprint density at radius 2 is 1.65 bits per heavy atom. The van der Waals surface area contributed by atoms with E-state index >= 15 is 0 Å². The first kappa shape index (κ1) is 19.6. The lowest BCUT2D eigenvalue weighted by atomic mass is 9.99. The van der Waals surface area contributed by atoms with E-state index in [1.807, 2.05) is 19.1 Å². The molecule has 26 heavy (non-hydrogen) atoms. The van der Waals surface area contributed by atoms with Crippen molar-refractivity contribution in [1.82, 2.24) is 9.80 Å². The SMILES string of the molecule is CCCCN1C(=O)C(=O)N(CC(=O)Nc2ccc([C@H](C)CC)cc2)C1=O. The van der Waals surface area contributed by atoms with E-state index in [1.54, 1.807) is 12.1 Å². The largest absolute Gasteiger partial charge is 0.334 e. The van der Waals surface area contributed by atoms with E-state index in [2.05, 4.69) is 19.2 Å². The van der Waals surface area contributed by atoms with Gasteiger partial charge in [-0.05, 0) is 36.5 Å². The number of amides is 5. The molecule has 0 aliphatic carbocycles. The second-order valence-corrected chi connectivity index (χ2v) is 6.46. The molecule has 2 rings (SSSR count). The highest BCUT2D eigenvalue weighted by Gasteiger charge is 2.44. The molecule has 1 aromatic rings. The number of imide groups is 2. The summed E-state index contributed by atoms with van der Waals surface area (Å²) in [5.41, 5.74) is 1.75. The maximum absolute atomic E-state index is 12.2. The van der Waals surface area contributed by atoms with Crippen molar-refractivity contribution in [3.05, 3.63) is 29.8 Å². The van der Waals surface area contributed by atoms with Gasteiger partial charge in [-0.15, -0.1) is 0 Å².